The normalized spacial score (nSPS) is 24.5. The van der Waals surface area contributed by atoms with E-state index < -0.39 is 0 Å². The smallest absolute Gasteiger partial charge is 0.161 e. The standard InChI is InChI=1S/C15H22O5/c1-15(14(9-16)20-15)6-7-19-10-11-4-5-12(17-2)13(8-11)18-3/h4-5,8,14,16H,6-7,9-10H2,1-3H3/t14-,15-/m0/s1. The topological polar surface area (TPSA) is 60.5 Å². The molecule has 20 heavy (non-hydrogen) atoms. The van der Waals surface area contributed by atoms with Crippen LogP contribution in [-0.4, -0.2) is 44.2 Å². The lowest BCUT2D eigenvalue weighted by molar-refractivity contribution is 0.101. The molecule has 112 valence electrons. The molecule has 1 N–H and O–H groups in total. The Balaban J connectivity index is 1.77. The van der Waals surface area contributed by atoms with E-state index in [1.807, 2.05) is 25.1 Å². The first kappa shape index (κ1) is 15.1. The van der Waals surface area contributed by atoms with Crippen LogP contribution < -0.4 is 9.47 Å². The van der Waals surface area contributed by atoms with Crippen LogP contribution in [0.25, 0.3) is 0 Å². The number of epoxide rings is 1. The Kier molecular flexibility index (Phi) is 4.86. The van der Waals surface area contributed by atoms with Gasteiger partial charge in [-0.05, 0) is 24.6 Å². The molecule has 0 radical (unpaired) electrons. The van der Waals surface area contributed by atoms with Crippen LogP contribution in [0.5, 0.6) is 11.5 Å². The Morgan fingerprint density at radius 1 is 1.25 bits per heavy atom. The molecule has 1 aliphatic rings. The van der Waals surface area contributed by atoms with Gasteiger partial charge in [0.05, 0.1) is 33.0 Å². The lowest BCUT2D eigenvalue weighted by atomic mass is 10.1. The average molecular weight is 282 g/mol. The average Bonchev–Trinajstić information content (AvgIpc) is 3.14. The van der Waals surface area contributed by atoms with Gasteiger partial charge >= 0.3 is 0 Å². The maximum atomic E-state index is 8.99. The fourth-order valence-electron chi connectivity index (χ4n) is 2.18. The molecule has 1 saturated heterocycles. The number of benzene rings is 1. The van der Waals surface area contributed by atoms with Crippen molar-refractivity contribution >= 4 is 0 Å². The van der Waals surface area contributed by atoms with Crippen molar-refractivity contribution in [3.63, 3.8) is 0 Å². The van der Waals surface area contributed by atoms with Crippen LogP contribution in [0.3, 0.4) is 0 Å². The minimum absolute atomic E-state index is 0.0350. The Morgan fingerprint density at radius 3 is 2.60 bits per heavy atom. The SMILES string of the molecule is COc1ccc(COCC[C@]2(C)O[C@H]2CO)cc1OC. The summed E-state index contributed by atoms with van der Waals surface area (Å²) in [6, 6.07) is 5.72. The van der Waals surface area contributed by atoms with E-state index in [9.17, 15) is 0 Å². The van der Waals surface area contributed by atoms with Crippen molar-refractivity contribution in [1.29, 1.82) is 0 Å². The van der Waals surface area contributed by atoms with Crippen molar-refractivity contribution in [1.82, 2.24) is 0 Å². The van der Waals surface area contributed by atoms with E-state index in [4.69, 9.17) is 24.1 Å². The van der Waals surface area contributed by atoms with Gasteiger partial charge in [0.25, 0.3) is 0 Å². The first-order valence-electron chi connectivity index (χ1n) is 6.70. The summed E-state index contributed by atoms with van der Waals surface area (Å²) in [7, 11) is 3.23. The molecular formula is C15H22O5. The molecule has 1 heterocycles. The summed E-state index contributed by atoms with van der Waals surface area (Å²) in [5.74, 6) is 1.41. The van der Waals surface area contributed by atoms with Crippen molar-refractivity contribution in [3.05, 3.63) is 23.8 Å². The van der Waals surface area contributed by atoms with Crippen LogP contribution in [0.4, 0.5) is 0 Å². The van der Waals surface area contributed by atoms with Gasteiger partial charge in [-0.2, -0.15) is 0 Å². The zero-order chi connectivity index (χ0) is 14.6. The first-order chi connectivity index (χ1) is 9.62. The summed E-state index contributed by atoms with van der Waals surface area (Å²) in [6.45, 7) is 3.18. The largest absolute Gasteiger partial charge is 0.493 e. The molecular weight excluding hydrogens is 260 g/mol. The van der Waals surface area contributed by atoms with Crippen LogP contribution in [-0.2, 0) is 16.1 Å². The maximum Gasteiger partial charge on any atom is 0.161 e. The Morgan fingerprint density at radius 2 is 2.00 bits per heavy atom. The van der Waals surface area contributed by atoms with Crippen LogP contribution in [0, 0.1) is 0 Å². The van der Waals surface area contributed by atoms with E-state index in [1.165, 1.54) is 0 Å². The molecule has 2 atom stereocenters. The second kappa shape index (κ2) is 6.43. The van der Waals surface area contributed by atoms with E-state index in [0.29, 0.717) is 24.7 Å². The molecule has 0 bridgehead atoms. The number of hydrogen-bond donors (Lipinski definition) is 1. The van der Waals surface area contributed by atoms with E-state index in [0.717, 1.165) is 12.0 Å². The molecule has 1 aromatic rings. The highest BCUT2D eigenvalue weighted by atomic mass is 16.6. The monoisotopic (exact) mass is 282 g/mol. The molecule has 1 aliphatic heterocycles. The lowest BCUT2D eigenvalue weighted by Gasteiger charge is -2.11. The number of aliphatic hydroxyl groups is 1. The second-order valence-electron chi connectivity index (χ2n) is 5.09. The second-order valence-corrected chi connectivity index (χ2v) is 5.09. The number of ether oxygens (including phenoxy) is 4. The molecule has 2 rings (SSSR count). The van der Waals surface area contributed by atoms with Gasteiger partial charge in [-0.1, -0.05) is 6.07 Å². The molecule has 5 nitrogen and oxygen atoms in total. The van der Waals surface area contributed by atoms with E-state index in [1.54, 1.807) is 14.2 Å². The van der Waals surface area contributed by atoms with E-state index in [-0.39, 0.29) is 18.3 Å². The van der Waals surface area contributed by atoms with Gasteiger partial charge in [0.1, 0.15) is 6.10 Å². The highest BCUT2D eigenvalue weighted by Crippen LogP contribution is 2.38. The van der Waals surface area contributed by atoms with Crippen molar-refractivity contribution in [3.8, 4) is 11.5 Å². The predicted molar refractivity (Wildman–Crippen MR) is 74.2 cm³/mol. The van der Waals surface area contributed by atoms with Crippen molar-refractivity contribution in [2.75, 3.05) is 27.4 Å². The Bertz CT molecular complexity index is 448. The number of rotatable bonds is 8. The summed E-state index contributed by atoms with van der Waals surface area (Å²) in [5.41, 5.74) is 0.815. The fraction of sp³-hybridized carbons (Fsp3) is 0.600. The third-order valence-corrected chi connectivity index (χ3v) is 3.66. The lowest BCUT2D eigenvalue weighted by Crippen LogP contribution is -2.15. The minimum Gasteiger partial charge on any atom is -0.493 e. The molecule has 0 unspecified atom stereocenters. The summed E-state index contributed by atoms with van der Waals surface area (Å²) >= 11 is 0. The minimum atomic E-state index is -0.216. The predicted octanol–water partition coefficient (Wildman–Crippen LogP) is 1.76. The molecule has 5 heteroatoms. The van der Waals surface area contributed by atoms with Crippen molar-refractivity contribution in [2.24, 2.45) is 0 Å². The van der Waals surface area contributed by atoms with Gasteiger partial charge in [-0.15, -0.1) is 0 Å². The van der Waals surface area contributed by atoms with Gasteiger partial charge in [0.15, 0.2) is 11.5 Å². The van der Waals surface area contributed by atoms with Gasteiger partial charge in [-0.25, -0.2) is 0 Å². The van der Waals surface area contributed by atoms with E-state index >= 15 is 0 Å². The molecule has 0 aliphatic carbocycles. The van der Waals surface area contributed by atoms with Crippen molar-refractivity contribution in [2.45, 2.75) is 31.7 Å². The highest BCUT2D eigenvalue weighted by Gasteiger charge is 2.51. The molecule has 1 fully saturated rings. The first-order valence-corrected chi connectivity index (χ1v) is 6.70. The summed E-state index contributed by atoms with van der Waals surface area (Å²) < 4.78 is 21.5. The summed E-state index contributed by atoms with van der Waals surface area (Å²) in [5, 5.41) is 8.99. The van der Waals surface area contributed by atoms with Gasteiger partial charge in [0.2, 0.25) is 0 Å². The summed E-state index contributed by atoms with van der Waals surface area (Å²) in [6.07, 6.45) is 0.748. The maximum absolute atomic E-state index is 8.99. The van der Waals surface area contributed by atoms with E-state index in [2.05, 4.69) is 0 Å². The molecule has 0 saturated carbocycles. The molecule has 0 amide bonds. The van der Waals surface area contributed by atoms with Crippen LogP contribution in [0.15, 0.2) is 18.2 Å². The fourth-order valence-corrected chi connectivity index (χ4v) is 2.18. The van der Waals surface area contributed by atoms with Crippen molar-refractivity contribution < 1.29 is 24.1 Å². The van der Waals surface area contributed by atoms with Gasteiger partial charge in [-0.3, -0.25) is 0 Å². The molecule has 0 aromatic heterocycles. The number of methoxy groups -OCH3 is 2. The Hall–Kier alpha value is -1.30. The van der Waals surface area contributed by atoms with Crippen LogP contribution in [0.2, 0.25) is 0 Å². The van der Waals surface area contributed by atoms with Crippen LogP contribution in [0.1, 0.15) is 18.9 Å². The third kappa shape index (κ3) is 3.42. The summed E-state index contributed by atoms with van der Waals surface area (Å²) in [4.78, 5) is 0. The van der Waals surface area contributed by atoms with Gasteiger partial charge < -0.3 is 24.1 Å². The zero-order valence-corrected chi connectivity index (χ0v) is 12.2. The number of aliphatic hydroxyl groups excluding tert-OH is 1. The quantitative estimate of drug-likeness (QED) is 0.581. The molecule has 1 aromatic carbocycles. The highest BCUT2D eigenvalue weighted by molar-refractivity contribution is 5.42. The molecule has 0 spiro atoms. The van der Waals surface area contributed by atoms with Gasteiger partial charge in [0, 0.05) is 13.0 Å². The zero-order valence-electron chi connectivity index (χ0n) is 12.2. The Labute approximate surface area is 119 Å². The number of hydrogen-bond acceptors (Lipinski definition) is 5. The third-order valence-electron chi connectivity index (χ3n) is 3.66. The van der Waals surface area contributed by atoms with Crippen LogP contribution >= 0.6 is 0 Å².